The van der Waals surface area contributed by atoms with Gasteiger partial charge in [-0.2, -0.15) is 0 Å². The summed E-state index contributed by atoms with van der Waals surface area (Å²) < 4.78 is 0. The highest BCUT2D eigenvalue weighted by Gasteiger charge is 2.08. The highest BCUT2D eigenvalue weighted by atomic mass is 16.2. The van der Waals surface area contributed by atoms with Crippen LogP contribution in [0.15, 0.2) is 109 Å². The molecule has 0 saturated heterocycles. The van der Waals surface area contributed by atoms with E-state index in [0.717, 1.165) is 21.9 Å². The third kappa shape index (κ3) is 5.37. The molecule has 2 N–H and O–H groups in total. The van der Waals surface area contributed by atoms with Crippen LogP contribution in [-0.2, 0) is 9.59 Å². The Balaban J connectivity index is 1.51. The van der Waals surface area contributed by atoms with Crippen molar-refractivity contribution in [3.8, 4) is 0 Å². The topological polar surface area (TPSA) is 58.2 Å². The molecule has 2 amide bonds. The Morgan fingerprint density at radius 3 is 1.31 bits per heavy atom. The Morgan fingerprint density at radius 2 is 0.906 bits per heavy atom. The molecule has 32 heavy (non-hydrogen) atoms. The van der Waals surface area contributed by atoms with Crippen molar-refractivity contribution in [3.05, 3.63) is 120 Å². The zero-order valence-corrected chi connectivity index (χ0v) is 17.4. The Morgan fingerprint density at radius 1 is 0.500 bits per heavy atom. The van der Waals surface area contributed by atoms with Gasteiger partial charge in [0.1, 0.15) is 0 Å². The first-order valence-corrected chi connectivity index (χ1v) is 10.3. The molecule has 0 aromatic heterocycles. The molecule has 156 valence electrons. The lowest BCUT2D eigenvalue weighted by Gasteiger charge is -2.11. The fraction of sp³-hybridized carbons (Fsp3) is 0. The van der Waals surface area contributed by atoms with Crippen molar-refractivity contribution >= 4 is 46.1 Å². The molecule has 4 aromatic rings. The van der Waals surface area contributed by atoms with Crippen LogP contribution in [0.4, 0.5) is 11.4 Å². The molecule has 0 atom stereocenters. The zero-order chi connectivity index (χ0) is 22.2. The van der Waals surface area contributed by atoms with E-state index in [4.69, 9.17) is 0 Å². The van der Waals surface area contributed by atoms with Crippen molar-refractivity contribution in [1.29, 1.82) is 0 Å². The van der Waals surface area contributed by atoms with Gasteiger partial charge in [-0.3, -0.25) is 9.59 Å². The lowest BCUT2D eigenvalue weighted by molar-refractivity contribution is -0.112. The van der Waals surface area contributed by atoms with Crippen molar-refractivity contribution in [3.63, 3.8) is 0 Å². The van der Waals surface area contributed by atoms with Gasteiger partial charge in [-0.05, 0) is 35.4 Å². The lowest BCUT2D eigenvalue weighted by Crippen LogP contribution is -2.10. The fourth-order valence-electron chi connectivity index (χ4n) is 3.35. The van der Waals surface area contributed by atoms with E-state index >= 15 is 0 Å². The molecule has 0 saturated carbocycles. The number of carbonyl (C=O) groups is 2. The van der Waals surface area contributed by atoms with Gasteiger partial charge in [-0.1, -0.05) is 84.9 Å². The van der Waals surface area contributed by atoms with Gasteiger partial charge in [0.25, 0.3) is 0 Å². The minimum absolute atomic E-state index is 0.221. The van der Waals surface area contributed by atoms with Crippen LogP contribution in [-0.4, -0.2) is 11.8 Å². The van der Waals surface area contributed by atoms with Gasteiger partial charge in [0.2, 0.25) is 11.8 Å². The second-order valence-corrected chi connectivity index (χ2v) is 7.17. The molecule has 4 rings (SSSR count). The SMILES string of the molecule is O=C(/C=C\c1ccccc1)Nc1cccc2c(NC(=O)/C=C\c3ccccc3)cccc12. The molecular formula is C28H22N2O2. The highest BCUT2D eigenvalue weighted by Crippen LogP contribution is 2.29. The van der Waals surface area contributed by atoms with E-state index in [-0.39, 0.29) is 11.8 Å². The summed E-state index contributed by atoms with van der Waals surface area (Å²) in [6, 6.07) is 30.5. The van der Waals surface area contributed by atoms with Crippen molar-refractivity contribution in [2.24, 2.45) is 0 Å². The molecular weight excluding hydrogens is 396 g/mol. The maximum atomic E-state index is 12.4. The lowest BCUT2D eigenvalue weighted by atomic mass is 10.1. The van der Waals surface area contributed by atoms with Crippen LogP contribution in [0.3, 0.4) is 0 Å². The first-order valence-electron chi connectivity index (χ1n) is 10.3. The van der Waals surface area contributed by atoms with Gasteiger partial charge in [0.05, 0.1) is 0 Å². The average molecular weight is 418 g/mol. The average Bonchev–Trinajstić information content (AvgIpc) is 2.83. The van der Waals surface area contributed by atoms with Gasteiger partial charge >= 0.3 is 0 Å². The number of hydrogen-bond donors (Lipinski definition) is 2. The Hall–Kier alpha value is -4.44. The summed E-state index contributed by atoms with van der Waals surface area (Å²) in [6.45, 7) is 0. The van der Waals surface area contributed by atoms with E-state index in [9.17, 15) is 9.59 Å². The first-order chi connectivity index (χ1) is 15.7. The van der Waals surface area contributed by atoms with Gasteiger partial charge < -0.3 is 10.6 Å². The van der Waals surface area contributed by atoms with Crippen LogP contribution in [0.2, 0.25) is 0 Å². The summed E-state index contributed by atoms with van der Waals surface area (Å²) in [5, 5.41) is 7.55. The van der Waals surface area contributed by atoms with Crippen LogP contribution < -0.4 is 10.6 Å². The Labute approximate surface area is 186 Å². The van der Waals surface area contributed by atoms with E-state index in [2.05, 4.69) is 10.6 Å². The molecule has 0 heterocycles. The molecule has 0 bridgehead atoms. The molecule has 0 spiro atoms. The molecule has 0 aliphatic heterocycles. The second kappa shape index (κ2) is 10.0. The van der Waals surface area contributed by atoms with Crippen molar-refractivity contribution in [2.75, 3.05) is 10.6 Å². The number of hydrogen-bond acceptors (Lipinski definition) is 2. The largest absolute Gasteiger partial charge is 0.322 e. The number of nitrogens with one attached hydrogen (secondary N) is 2. The van der Waals surface area contributed by atoms with Crippen molar-refractivity contribution in [2.45, 2.75) is 0 Å². The van der Waals surface area contributed by atoms with E-state index < -0.39 is 0 Å². The predicted molar refractivity (Wildman–Crippen MR) is 132 cm³/mol. The molecule has 0 unspecified atom stereocenters. The van der Waals surface area contributed by atoms with E-state index in [0.29, 0.717) is 11.4 Å². The quantitative estimate of drug-likeness (QED) is 0.369. The molecule has 0 aliphatic carbocycles. The highest BCUT2D eigenvalue weighted by molar-refractivity contribution is 6.12. The third-order valence-electron chi connectivity index (χ3n) is 4.89. The number of rotatable bonds is 6. The number of fused-ring (bicyclic) bond motifs is 1. The van der Waals surface area contributed by atoms with E-state index in [1.165, 1.54) is 12.2 Å². The summed E-state index contributed by atoms with van der Waals surface area (Å²) in [7, 11) is 0. The van der Waals surface area contributed by atoms with Gasteiger partial charge in [-0.15, -0.1) is 0 Å². The monoisotopic (exact) mass is 418 g/mol. The summed E-state index contributed by atoms with van der Waals surface area (Å²) in [6.07, 6.45) is 6.55. The fourth-order valence-corrected chi connectivity index (χ4v) is 3.35. The molecule has 0 radical (unpaired) electrons. The number of anilines is 2. The maximum absolute atomic E-state index is 12.4. The van der Waals surface area contributed by atoms with Gasteiger partial charge in [0.15, 0.2) is 0 Å². The summed E-state index contributed by atoms with van der Waals surface area (Å²) in [5.41, 5.74) is 3.27. The Kier molecular flexibility index (Phi) is 6.54. The maximum Gasteiger partial charge on any atom is 0.248 e. The smallest absolute Gasteiger partial charge is 0.248 e. The number of benzene rings is 4. The molecule has 4 nitrogen and oxygen atoms in total. The second-order valence-electron chi connectivity index (χ2n) is 7.17. The van der Waals surface area contributed by atoms with Crippen LogP contribution in [0.5, 0.6) is 0 Å². The number of carbonyl (C=O) groups excluding carboxylic acids is 2. The van der Waals surface area contributed by atoms with Crippen LogP contribution in [0, 0.1) is 0 Å². The van der Waals surface area contributed by atoms with Gasteiger partial charge in [-0.25, -0.2) is 0 Å². The first kappa shape index (κ1) is 20.8. The van der Waals surface area contributed by atoms with Crippen LogP contribution in [0.1, 0.15) is 11.1 Å². The van der Waals surface area contributed by atoms with Crippen molar-refractivity contribution < 1.29 is 9.59 Å². The summed E-state index contributed by atoms with van der Waals surface area (Å²) in [4.78, 5) is 24.9. The van der Waals surface area contributed by atoms with Gasteiger partial charge in [0, 0.05) is 34.3 Å². The van der Waals surface area contributed by atoms with E-state index in [1.54, 1.807) is 12.2 Å². The zero-order valence-electron chi connectivity index (χ0n) is 17.4. The van der Waals surface area contributed by atoms with Crippen LogP contribution >= 0.6 is 0 Å². The standard InChI is InChI=1S/C28H22N2O2/c31-27(19-17-21-9-3-1-4-10-21)29-25-15-7-14-24-23(25)13-8-16-26(24)30-28(32)20-18-22-11-5-2-6-12-22/h1-20H,(H,29,31)(H,30,32)/b19-17-,20-18-. The minimum Gasteiger partial charge on any atom is -0.322 e. The molecule has 0 aliphatic rings. The van der Waals surface area contributed by atoms with E-state index in [1.807, 2.05) is 97.1 Å². The normalized spacial score (nSPS) is 11.1. The Bertz CT molecular complexity index is 1190. The van der Waals surface area contributed by atoms with Crippen molar-refractivity contribution in [1.82, 2.24) is 0 Å². The minimum atomic E-state index is -0.221. The molecule has 0 fully saturated rings. The summed E-state index contributed by atoms with van der Waals surface area (Å²) in [5.74, 6) is -0.442. The van der Waals surface area contributed by atoms with Crippen LogP contribution in [0.25, 0.3) is 22.9 Å². The molecule has 4 aromatic carbocycles. The number of amides is 2. The molecule has 4 heteroatoms. The summed E-state index contributed by atoms with van der Waals surface area (Å²) >= 11 is 0. The third-order valence-corrected chi connectivity index (χ3v) is 4.89. The predicted octanol–water partition coefficient (Wildman–Crippen LogP) is 6.14.